The summed E-state index contributed by atoms with van der Waals surface area (Å²) < 4.78 is 10.8. The normalized spacial score (nSPS) is 10.3. The van der Waals surface area contributed by atoms with Crippen molar-refractivity contribution in [2.24, 2.45) is 0 Å². The Balaban J connectivity index is 2.92. The summed E-state index contributed by atoms with van der Waals surface area (Å²) in [4.78, 5) is 22.9. The third-order valence-electron chi connectivity index (χ3n) is 2.73. The fourth-order valence-electron chi connectivity index (χ4n) is 1.66. The molecule has 0 amide bonds. The number of unbranched alkanes of at least 4 members (excludes halogenated alkanes) is 2. The maximum Gasteiger partial charge on any atom is 0.360 e. The topological polar surface area (TPSA) is 83.3 Å². The Labute approximate surface area is 111 Å². The largest absolute Gasteiger partial charge is 0.469 e. The molecule has 0 saturated heterocycles. The summed E-state index contributed by atoms with van der Waals surface area (Å²) in [5, 5.41) is 7.69. The molecule has 0 fully saturated rings. The van der Waals surface area contributed by atoms with Crippen LogP contribution in [0.2, 0.25) is 0 Å². The quantitative estimate of drug-likeness (QED) is 0.542. The first-order chi connectivity index (χ1) is 9.13. The van der Waals surface area contributed by atoms with E-state index in [-0.39, 0.29) is 12.1 Å². The fourth-order valence-corrected chi connectivity index (χ4v) is 1.66. The molecule has 1 aromatic rings. The van der Waals surface area contributed by atoms with Crippen LogP contribution in [-0.2, 0) is 27.2 Å². The van der Waals surface area contributed by atoms with Crippen LogP contribution >= 0.6 is 0 Å². The van der Waals surface area contributed by atoms with Crippen molar-refractivity contribution >= 4 is 11.9 Å². The molecule has 0 aromatic carbocycles. The van der Waals surface area contributed by atoms with Crippen molar-refractivity contribution in [2.75, 3.05) is 14.2 Å². The number of hydrogen-bond acceptors (Lipinski definition) is 6. The molecule has 19 heavy (non-hydrogen) atoms. The maximum atomic E-state index is 11.6. The molecular weight excluding hydrogens is 250 g/mol. The summed E-state index contributed by atoms with van der Waals surface area (Å²) in [7, 11) is 2.56. The summed E-state index contributed by atoms with van der Waals surface area (Å²) in [6.45, 7) is 2.71. The van der Waals surface area contributed by atoms with Gasteiger partial charge in [-0.3, -0.25) is 4.79 Å². The van der Waals surface area contributed by atoms with Gasteiger partial charge in [-0.1, -0.05) is 25.0 Å². The third-order valence-corrected chi connectivity index (χ3v) is 2.73. The van der Waals surface area contributed by atoms with Crippen LogP contribution < -0.4 is 0 Å². The lowest BCUT2D eigenvalue weighted by Crippen LogP contribution is -2.15. The molecule has 0 saturated carbocycles. The van der Waals surface area contributed by atoms with E-state index in [1.54, 1.807) is 4.68 Å². The molecule has 0 aliphatic carbocycles. The Morgan fingerprint density at radius 1 is 1.21 bits per heavy atom. The van der Waals surface area contributed by atoms with Gasteiger partial charge in [0.2, 0.25) is 0 Å². The summed E-state index contributed by atoms with van der Waals surface area (Å²) >= 11 is 0. The number of nitrogens with zero attached hydrogens (tertiary/aromatic N) is 3. The monoisotopic (exact) mass is 269 g/mol. The number of aromatic nitrogens is 3. The van der Waals surface area contributed by atoms with Crippen molar-refractivity contribution in [3.05, 3.63) is 11.4 Å². The van der Waals surface area contributed by atoms with Gasteiger partial charge in [-0.2, -0.15) is 0 Å². The molecule has 7 nitrogen and oxygen atoms in total. The highest BCUT2D eigenvalue weighted by molar-refractivity contribution is 5.89. The predicted octanol–water partition coefficient (Wildman–Crippen LogP) is 0.970. The van der Waals surface area contributed by atoms with Crippen LogP contribution in [0.1, 0.15) is 42.4 Å². The zero-order chi connectivity index (χ0) is 14.3. The van der Waals surface area contributed by atoms with E-state index in [1.165, 1.54) is 14.2 Å². The smallest absolute Gasteiger partial charge is 0.360 e. The van der Waals surface area contributed by atoms with E-state index < -0.39 is 11.9 Å². The van der Waals surface area contributed by atoms with Gasteiger partial charge in [-0.25, -0.2) is 9.48 Å². The average molecular weight is 269 g/mol. The number of rotatable bonds is 7. The standard InChI is InChI=1S/C12H19N3O4/c1-4-5-6-7-15-9(8-10(16)18-2)11(13-14-15)12(17)19-3/h4-8H2,1-3H3. The van der Waals surface area contributed by atoms with Crippen LogP contribution in [0.25, 0.3) is 0 Å². The minimum atomic E-state index is -0.597. The van der Waals surface area contributed by atoms with Gasteiger partial charge in [0, 0.05) is 6.54 Å². The van der Waals surface area contributed by atoms with Gasteiger partial charge >= 0.3 is 11.9 Å². The molecule has 1 heterocycles. The second-order valence-electron chi connectivity index (χ2n) is 4.06. The van der Waals surface area contributed by atoms with Crippen molar-refractivity contribution < 1.29 is 19.1 Å². The number of aryl methyl sites for hydroxylation is 1. The highest BCUT2D eigenvalue weighted by Crippen LogP contribution is 2.10. The van der Waals surface area contributed by atoms with Crippen LogP contribution in [-0.4, -0.2) is 41.2 Å². The van der Waals surface area contributed by atoms with Crippen LogP contribution in [0.3, 0.4) is 0 Å². The van der Waals surface area contributed by atoms with Gasteiger partial charge in [-0.15, -0.1) is 5.10 Å². The molecule has 0 atom stereocenters. The molecule has 0 aliphatic rings. The van der Waals surface area contributed by atoms with Crippen molar-refractivity contribution in [3.63, 3.8) is 0 Å². The number of esters is 2. The first-order valence-corrected chi connectivity index (χ1v) is 6.21. The molecule has 0 N–H and O–H groups in total. The molecule has 7 heteroatoms. The Hall–Kier alpha value is -1.92. The first kappa shape index (κ1) is 15.1. The van der Waals surface area contributed by atoms with Crippen molar-refractivity contribution in [1.82, 2.24) is 15.0 Å². The molecule has 1 aromatic heterocycles. The molecule has 0 spiro atoms. The highest BCUT2D eigenvalue weighted by atomic mass is 16.5. The Kier molecular flexibility index (Phi) is 5.98. The zero-order valence-electron chi connectivity index (χ0n) is 11.5. The van der Waals surface area contributed by atoms with E-state index in [2.05, 4.69) is 26.7 Å². The van der Waals surface area contributed by atoms with Gasteiger partial charge in [-0.05, 0) is 6.42 Å². The summed E-state index contributed by atoms with van der Waals surface area (Å²) in [6, 6.07) is 0. The predicted molar refractivity (Wildman–Crippen MR) is 66.6 cm³/mol. The average Bonchev–Trinajstić information content (AvgIpc) is 2.81. The lowest BCUT2D eigenvalue weighted by atomic mass is 10.2. The van der Waals surface area contributed by atoms with Crippen LogP contribution in [0.5, 0.6) is 0 Å². The van der Waals surface area contributed by atoms with Crippen LogP contribution in [0, 0.1) is 0 Å². The van der Waals surface area contributed by atoms with Crippen molar-refractivity contribution in [2.45, 2.75) is 39.2 Å². The minimum absolute atomic E-state index is 0.0416. The molecule has 1 rings (SSSR count). The van der Waals surface area contributed by atoms with E-state index in [0.29, 0.717) is 12.2 Å². The van der Waals surface area contributed by atoms with E-state index in [1.807, 2.05) is 0 Å². The van der Waals surface area contributed by atoms with E-state index in [9.17, 15) is 9.59 Å². The van der Waals surface area contributed by atoms with Crippen LogP contribution in [0.4, 0.5) is 0 Å². The van der Waals surface area contributed by atoms with Gasteiger partial charge in [0.05, 0.1) is 26.3 Å². The Morgan fingerprint density at radius 3 is 2.53 bits per heavy atom. The Bertz CT molecular complexity index is 442. The number of methoxy groups -OCH3 is 2. The molecular formula is C12H19N3O4. The van der Waals surface area contributed by atoms with E-state index in [4.69, 9.17) is 0 Å². The number of carbonyl (C=O) groups excluding carboxylic acids is 2. The third kappa shape index (κ3) is 4.04. The lowest BCUT2D eigenvalue weighted by Gasteiger charge is -2.06. The van der Waals surface area contributed by atoms with E-state index in [0.717, 1.165) is 19.3 Å². The fraction of sp³-hybridized carbons (Fsp3) is 0.667. The Morgan fingerprint density at radius 2 is 1.95 bits per heavy atom. The van der Waals surface area contributed by atoms with E-state index >= 15 is 0 Å². The lowest BCUT2D eigenvalue weighted by molar-refractivity contribution is -0.139. The van der Waals surface area contributed by atoms with Crippen LogP contribution in [0.15, 0.2) is 0 Å². The van der Waals surface area contributed by atoms with Crippen molar-refractivity contribution in [1.29, 1.82) is 0 Å². The second-order valence-corrected chi connectivity index (χ2v) is 4.06. The number of carbonyl (C=O) groups is 2. The summed E-state index contributed by atoms with van der Waals surface area (Å²) in [5.74, 6) is -1.04. The zero-order valence-corrected chi connectivity index (χ0v) is 11.5. The highest BCUT2D eigenvalue weighted by Gasteiger charge is 2.22. The first-order valence-electron chi connectivity index (χ1n) is 6.21. The number of ether oxygens (including phenoxy) is 2. The van der Waals surface area contributed by atoms with Gasteiger partial charge in [0.15, 0.2) is 5.69 Å². The van der Waals surface area contributed by atoms with Crippen molar-refractivity contribution in [3.8, 4) is 0 Å². The summed E-state index contributed by atoms with van der Waals surface area (Å²) in [5.41, 5.74) is 0.513. The molecule has 0 unspecified atom stereocenters. The molecule has 106 valence electrons. The molecule has 0 bridgehead atoms. The van der Waals surface area contributed by atoms with Gasteiger partial charge in [0.1, 0.15) is 0 Å². The SMILES string of the molecule is CCCCCn1nnc(C(=O)OC)c1CC(=O)OC. The van der Waals surface area contributed by atoms with Gasteiger partial charge < -0.3 is 9.47 Å². The maximum absolute atomic E-state index is 11.6. The number of hydrogen-bond donors (Lipinski definition) is 0. The minimum Gasteiger partial charge on any atom is -0.469 e. The molecule has 0 aliphatic heterocycles. The summed E-state index contributed by atoms with van der Waals surface area (Å²) in [6.07, 6.45) is 2.99. The molecule has 0 radical (unpaired) electrons. The van der Waals surface area contributed by atoms with Gasteiger partial charge in [0.25, 0.3) is 0 Å². The second kappa shape index (κ2) is 7.50.